The van der Waals surface area contributed by atoms with Crippen LogP contribution in [0.3, 0.4) is 0 Å². The smallest absolute Gasteiger partial charge is 0.327 e. The van der Waals surface area contributed by atoms with Gasteiger partial charge in [0.15, 0.2) is 5.75 Å². The van der Waals surface area contributed by atoms with Crippen molar-refractivity contribution in [3.8, 4) is 5.75 Å². The first kappa shape index (κ1) is 10.5. The molecule has 1 aromatic carbocycles. The molecular formula is C6H6ClO5P. The van der Waals surface area contributed by atoms with Crippen molar-refractivity contribution in [2.24, 2.45) is 0 Å². The van der Waals surface area contributed by atoms with Crippen molar-refractivity contribution >= 4 is 19.4 Å². The fraction of sp³-hybridized carbons (Fsp3) is 0. The van der Waals surface area contributed by atoms with E-state index in [1.165, 1.54) is 12.1 Å². The third-order valence-electron chi connectivity index (χ3n) is 1.03. The van der Waals surface area contributed by atoms with Crippen molar-refractivity contribution in [2.45, 2.75) is 0 Å². The minimum atomic E-state index is -4.61. The van der Waals surface area contributed by atoms with Gasteiger partial charge >= 0.3 is 7.82 Å². The normalized spacial score (nSPS) is 11.3. The van der Waals surface area contributed by atoms with E-state index in [4.69, 9.17) is 21.4 Å². The first-order valence-electron chi connectivity index (χ1n) is 3.15. The van der Waals surface area contributed by atoms with E-state index in [1.807, 2.05) is 0 Å². The molecule has 0 aromatic heterocycles. The van der Waals surface area contributed by atoms with E-state index in [0.717, 1.165) is 0 Å². The van der Waals surface area contributed by atoms with Crippen LogP contribution in [0.4, 0.5) is 0 Å². The summed E-state index contributed by atoms with van der Waals surface area (Å²) in [6.07, 6.45) is 0. The lowest BCUT2D eigenvalue weighted by Gasteiger charge is -2.04. The third kappa shape index (κ3) is 4.26. The van der Waals surface area contributed by atoms with Gasteiger partial charge in [-0.2, -0.15) is 0 Å². The number of rotatable bonds is 3. The Hall–Kier alpha value is -0.580. The number of benzene rings is 1. The highest BCUT2D eigenvalue weighted by Crippen LogP contribution is 2.36. The lowest BCUT2D eigenvalue weighted by atomic mass is 10.3. The highest BCUT2D eigenvalue weighted by molar-refractivity contribution is 7.46. The van der Waals surface area contributed by atoms with Gasteiger partial charge in [0.05, 0.1) is 0 Å². The van der Waals surface area contributed by atoms with Gasteiger partial charge in [-0.25, -0.2) is 4.57 Å². The first-order chi connectivity index (χ1) is 5.97. The van der Waals surface area contributed by atoms with Gasteiger partial charge in [0.2, 0.25) is 0 Å². The van der Waals surface area contributed by atoms with Crippen LogP contribution < -0.4 is 4.89 Å². The Balaban J connectivity index is 2.60. The van der Waals surface area contributed by atoms with Crippen LogP contribution in [0.15, 0.2) is 24.3 Å². The number of halogens is 1. The molecule has 0 fully saturated rings. The molecule has 0 unspecified atom stereocenters. The molecule has 0 saturated heterocycles. The summed E-state index contributed by atoms with van der Waals surface area (Å²) in [6, 6.07) is 5.95. The SMILES string of the molecule is O=P(O)(O)OOc1cccc(Cl)c1. The van der Waals surface area contributed by atoms with Crippen molar-refractivity contribution in [2.75, 3.05) is 0 Å². The van der Waals surface area contributed by atoms with Crippen LogP contribution in [0.5, 0.6) is 5.75 Å². The molecule has 1 rings (SSSR count). The molecule has 7 heteroatoms. The zero-order valence-electron chi connectivity index (χ0n) is 6.25. The largest absolute Gasteiger partial charge is 0.505 e. The Morgan fingerprint density at radius 2 is 2.08 bits per heavy atom. The molecule has 13 heavy (non-hydrogen) atoms. The van der Waals surface area contributed by atoms with Gasteiger partial charge in [-0.1, -0.05) is 22.3 Å². The minimum Gasteiger partial charge on any atom is -0.327 e. The summed E-state index contributed by atoms with van der Waals surface area (Å²) in [4.78, 5) is 20.9. The molecule has 0 amide bonds. The fourth-order valence-electron chi connectivity index (χ4n) is 0.610. The minimum absolute atomic E-state index is 0.121. The summed E-state index contributed by atoms with van der Waals surface area (Å²) in [5.74, 6) is 0.121. The average Bonchev–Trinajstić information content (AvgIpc) is 2.00. The molecule has 0 saturated carbocycles. The molecule has 72 valence electrons. The van der Waals surface area contributed by atoms with Crippen molar-refractivity contribution in [1.29, 1.82) is 0 Å². The van der Waals surface area contributed by atoms with Crippen LogP contribution in [-0.4, -0.2) is 9.79 Å². The Kier molecular flexibility index (Phi) is 3.30. The predicted molar refractivity (Wildman–Crippen MR) is 45.2 cm³/mol. The van der Waals surface area contributed by atoms with Gasteiger partial charge in [-0.3, -0.25) is 0 Å². The van der Waals surface area contributed by atoms with Crippen LogP contribution in [0.1, 0.15) is 0 Å². The van der Waals surface area contributed by atoms with Gasteiger partial charge in [0.25, 0.3) is 0 Å². The lowest BCUT2D eigenvalue weighted by molar-refractivity contribution is -0.122. The molecule has 0 radical (unpaired) electrons. The van der Waals surface area contributed by atoms with Crippen LogP contribution in [-0.2, 0) is 9.24 Å². The van der Waals surface area contributed by atoms with Crippen LogP contribution in [0, 0.1) is 0 Å². The second-order valence-corrected chi connectivity index (χ2v) is 3.67. The number of phosphoric acid groups is 1. The number of hydrogen-bond donors (Lipinski definition) is 2. The molecule has 0 atom stereocenters. The van der Waals surface area contributed by atoms with Crippen molar-refractivity contribution in [1.82, 2.24) is 0 Å². The Morgan fingerprint density at radius 1 is 1.38 bits per heavy atom. The topological polar surface area (TPSA) is 76.0 Å². The second-order valence-electron chi connectivity index (χ2n) is 2.11. The molecule has 0 aliphatic carbocycles. The van der Waals surface area contributed by atoms with Gasteiger partial charge in [-0.05, 0) is 12.1 Å². The van der Waals surface area contributed by atoms with Gasteiger partial charge in [0, 0.05) is 11.1 Å². The number of hydrogen-bond acceptors (Lipinski definition) is 3. The van der Waals surface area contributed by atoms with Crippen molar-refractivity contribution in [3.63, 3.8) is 0 Å². The van der Waals surface area contributed by atoms with Gasteiger partial charge in [-0.15, -0.1) is 0 Å². The third-order valence-corrected chi connectivity index (χ3v) is 1.53. The summed E-state index contributed by atoms with van der Waals surface area (Å²) in [5, 5.41) is 0.381. The quantitative estimate of drug-likeness (QED) is 0.465. The molecule has 0 heterocycles. The molecule has 0 aliphatic rings. The highest BCUT2D eigenvalue weighted by atomic mass is 35.5. The summed E-state index contributed by atoms with van der Waals surface area (Å²) >= 11 is 5.57. The summed E-state index contributed by atoms with van der Waals surface area (Å²) < 4.78 is 14.0. The van der Waals surface area contributed by atoms with E-state index >= 15 is 0 Å². The lowest BCUT2D eigenvalue weighted by Crippen LogP contribution is -1.94. The van der Waals surface area contributed by atoms with E-state index in [0.29, 0.717) is 5.02 Å². The summed E-state index contributed by atoms with van der Waals surface area (Å²) in [5.41, 5.74) is 0. The maximum atomic E-state index is 10.2. The van der Waals surface area contributed by atoms with Crippen LogP contribution in [0.25, 0.3) is 0 Å². The highest BCUT2D eigenvalue weighted by Gasteiger charge is 2.16. The van der Waals surface area contributed by atoms with E-state index in [2.05, 4.69) is 9.56 Å². The van der Waals surface area contributed by atoms with E-state index in [9.17, 15) is 4.57 Å². The maximum absolute atomic E-state index is 10.2. The van der Waals surface area contributed by atoms with Crippen molar-refractivity contribution in [3.05, 3.63) is 29.3 Å². The summed E-state index contributed by atoms with van der Waals surface area (Å²) in [7, 11) is -4.61. The summed E-state index contributed by atoms with van der Waals surface area (Å²) in [6.45, 7) is 0. The van der Waals surface area contributed by atoms with Crippen molar-refractivity contribution < 1.29 is 23.9 Å². The van der Waals surface area contributed by atoms with Gasteiger partial charge in [0.1, 0.15) is 0 Å². The molecule has 0 bridgehead atoms. The molecule has 1 aromatic rings. The Labute approximate surface area is 79.0 Å². The monoisotopic (exact) mass is 224 g/mol. The molecule has 5 nitrogen and oxygen atoms in total. The van der Waals surface area contributed by atoms with Gasteiger partial charge < -0.3 is 14.7 Å². The average molecular weight is 225 g/mol. The fourth-order valence-corrected chi connectivity index (χ4v) is 0.974. The predicted octanol–water partition coefficient (Wildman–Crippen LogP) is 1.74. The molecule has 0 aliphatic heterocycles. The maximum Gasteiger partial charge on any atom is 0.505 e. The molecule has 2 N–H and O–H groups in total. The van der Waals surface area contributed by atoms with E-state index < -0.39 is 7.82 Å². The van der Waals surface area contributed by atoms with E-state index in [1.54, 1.807) is 12.1 Å². The standard InChI is InChI=1S/C6H6ClO5P/c7-5-2-1-3-6(4-5)11-12-13(8,9)10/h1-4H,(H2,8,9,10). The Morgan fingerprint density at radius 3 is 2.62 bits per heavy atom. The van der Waals surface area contributed by atoms with E-state index in [-0.39, 0.29) is 5.75 Å². The van der Waals surface area contributed by atoms with Crippen LogP contribution in [0.2, 0.25) is 5.02 Å². The first-order valence-corrected chi connectivity index (χ1v) is 5.05. The zero-order valence-corrected chi connectivity index (χ0v) is 7.90. The second kappa shape index (κ2) is 4.09. The van der Waals surface area contributed by atoms with Crippen LogP contribution >= 0.6 is 19.4 Å². The molecular weight excluding hydrogens is 218 g/mol. The Bertz CT molecular complexity index is 336. The molecule has 0 spiro atoms. The zero-order chi connectivity index (χ0) is 9.90.